The molecule has 1 aromatic heterocycles. The third kappa shape index (κ3) is 3.75. The fourth-order valence-corrected chi connectivity index (χ4v) is 1.57. The lowest BCUT2D eigenvalue weighted by Crippen LogP contribution is -2.19. The van der Waals surface area contributed by atoms with Gasteiger partial charge >= 0.3 is 0 Å². The molecule has 0 atom stereocenters. The summed E-state index contributed by atoms with van der Waals surface area (Å²) in [5.41, 5.74) is 3.32. The molecule has 0 saturated carbocycles. The zero-order valence-corrected chi connectivity index (χ0v) is 11.6. The van der Waals surface area contributed by atoms with Crippen molar-refractivity contribution in [1.29, 1.82) is 0 Å². The van der Waals surface area contributed by atoms with Crippen molar-refractivity contribution in [2.24, 2.45) is 5.10 Å². The molecule has 21 heavy (non-hydrogen) atoms. The predicted octanol–water partition coefficient (Wildman–Crippen LogP) is 1.26. The lowest BCUT2D eigenvalue weighted by Gasteiger charge is -2.07. The van der Waals surface area contributed by atoms with Gasteiger partial charge in [0.1, 0.15) is 5.69 Å². The summed E-state index contributed by atoms with van der Waals surface area (Å²) in [6, 6.07) is 5.29. The van der Waals surface area contributed by atoms with Crippen LogP contribution in [0.1, 0.15) is 16.1 Å². The zero-order chi connectivity index (χ0) is 15.1. The highest BCUT2D eigenvalue weighted by Crippen LogP contribution is 2.26. The van der Waals surface area contributed by atoms with Crippen LogP contribution < -0.4 is 14.9 Å². The minimum atomic E-state index is -0.431. The molecule has 0 aliphatic heterocycles. The number of hydrogen-bond donors (Lipinski definition) is 1. The van der Waals surface area contributed by atoms with E-state index >= 15 is 0 Å². The number of hydrogen-bond acceptors (Lipinski definition) is 6. The van der Waals surface area contributed by atoms with E-state index in [1.807, 2.05) is 0 Å². The zero-order valence-electron chi connectivity index (χ0n) is 11.6. The Hall–Kier alpha value is -2.96. The molecule has 7 nitrogen and oxygen atoms in total. The van der Waals surface area contributed by atoms with Gasteiger partial charge in [-0.05, 0) is 23.8 Å². The van der Waals surface area contributed by atoms with Crippen LogP contribution >= 0.6 is 0 Å². The topological polar surface area (TPSA) is 85.7 Å². The van der Waals surface area contributed by atoms with Gasteiger partial charge in [0.25, 0.3) is 5.91 Å². The number of rotatable bonds is 5. The maximum absolute atomic E-state index is 11.7. The first-order valence-electron chi connectivity index (χ1n) is 6.06. The van der Waals surface area contributed by atoms with Gasteiger partial charge in [0.05, 0.1) is 26.6 Å². The summed E-state index contributed by atoms with van der Waals surface area (Å²) in [7, 11) is 3.11. The van der Waals surface area contributed by atoms with Gasteiger partial charge < -0.3 is 9.47 Å². The van der Waals surface area contributed by atoms with Crippen LogP contribution in [-0.2, 0) is 0 Å². The Balaban J connectivity index is 2.03. The Kier molecular flexibility index (Phi) is 4.81. The van der Waals surface area contributed by atoms with E-state index in [0.717, 1.165) is 5.56 Å². The molecule has 1 N–H and O–H groups in total. The highest BCUT2D eigenvalue weighted by molar-refractivity contribution is 5.92. The fourth-order valence-electron chi connectivity index (χ4n) is 1.57. The number of carbonyl (C=O) groups is 1. The highest BCUT2D eigenvalue weighted by Gasteiger charge is 2.05. The quantitative estimate of drug-likeness (QED) is 0.660. The smallest absolute Gasteiger partial charge is 0.291 e. The van der Waals surface area contributed by atoms with Crippen LogP contribution in [0.4, 0.5) is 0 Å². The van der Waals surface area contributed by atoms with Gasteiger partial charge in [0, 0.05) is 12.4 Å². The van der Waals surface area contributed by atoms with Crippen LogP contribution in [0.5, 0.6) is 11.5 Å². The van der Waals surface area contributed by atoms with Crippen molar-refractivity contribution in [3.63, 3.8) is 0 Å². The van der Waals surface area contributed by atoms with E-state index in [2.05, 4.69) is 20.5 Å². The summed E-state index contributed by atoms with van der Waals surface area (Å²) in [4.78, 5) is 19.4. The molecule has 0 spiro atoms. The number of amides is 1. The van der Waals surface area contributed by atoms with Crippen molar-refractivity contribution >= 4 is 12.1 Å². The average molecular weight is 286 g/mol. The largest absolute Gasteiger partial charge is 0.493 e. The normalized spacial score (nSPS) is 10.4. The fraction of sp³-hybridized carbons (Fsp3) is 0.143. The number of nitrogens with one attached hydrogen (secondary N) is 1. The molecule has 0 aliphatic carbocycles. The van der Waals surface area contributed by atoms with Crippen molar-refractivity contribution < 1.29 is 14.3 Å². The molecule has 0 saturated heterocycles. The molecule has 0 aliphatic rings. The van der Waals surface area contributed by atoms with E-state index < -0.39 is 5.91 Å². The summed E-state index contributed by atoms with van der Waals surface area (Å²) < 4.78 is 10.3. The van der Waals surface area contributed by atoms with Crippen molar-refractivity contribution in [3.05, 3.63) is 48.0 Å². The molecular weight excluding hydrogens is 272 g/mol. The minimum Gasteiger partial charge on any atom is -0.493 e. The van der Waals surface area contributed by atoms with Gasteiger partial charge in [0.2, 0.25) is 0 Å². The number of hydrazone groups is 1. The molecule has 1 aromatic carbocycles. The van der Waals surface area contributed by atoms with E-state index in [0.29, 0.717) is 11.5 Å². The van der Waals surface area contributed by atoms with Crippen LogP contribution in [0.2, 0.25) is 0 Å². The van der Waals surface area contributed by atoms with Crippen molar-refractivity contribution in [3.8, 4) is 11.5 Å². The number of ether oxygens (including phenoxy) is 2. The molecule has 0 radical (unpaired) electrons. The average Bonchev–Trinajstić information content (AvgIpc) is 2.55. The van der Waals surface area contributed by atoms with Crippen LogP contribution in [0.15, 0.2) is 41.9 Å². The standard InChI is InChI=1S/C14H14N4O3/c1-20-12-4-3-10(7-13(12)21-2)8-17-18-14(19)11-9-15-5-6-16-11/h3-9H,1-2H3,(H,18,19)/b17-8-. The SMILES string of the molecule is COc1ccc(/C=N\NC(=O)c2cnccn2)cc1OC. The first-order valence-corrected chi connectivity index (χ1v) is 6.06. The summed E-state index contributed by atoms with van der Waals surface area (Å²) in [6.45, 7) is 0. The Morgan fingerprint density at radius 2 is 2.05 bits per heavy atom. The molecule has 2 aromatic rings. The van der Waals surface area contributed by atoms with E-state index in [4.69, 9.17) is 9.47 Å². The second-order valence-electron chi connectivity index (χ2n) is 3.90. The second-order valence-corrected chi connectivity index (χ2v) is 3.90. The second kappa shape index (κ2) is 6.99. The molecule has 108 valence electrons. The first kappa shape index (κ1) is 14.4. The predicted molar refractivity (Wildman–Crippen MR) is 76.6 cm³/mol. The molecule has 7 heteroatoms. The molecule has 1 amide bonds. The van der Waals surface area contributed by atoms with Crippen LogP contribution in [0.25, 0.3) is 0 Å². The number of carbonyl (C=O) groups excluding carboxylic acids is 1. The maximum atomic E-state index is 11.7. The Bertz CT molecular complexity index is 644. The summed E-state index contributed by atoms with van der Waals surface area (Å²) in [6.07, 6.45) is 5.79. The monoisotopic (exact) mass is 286 g/mol. The Labute approximate surface area is 121 Å². The number of nitrogens with zero attached hydrogens (tertiary/aromatic N) is 3. The van der Waals surface area contributed by atoms with Crippen molar-refractivity contribution in [2.75, 3.05) is 14.2 Å². The van der Waals surface area contributed by atoms with E-state index in [1.54, 1.807) is 32.4 Å². The molecule has 0 fully saturated rings. The summed E-state index contributed by atoms with van der Waals surface area (Å²) in [5, 5.41) is 3.86. The Morgan fingerprint density at radius 3 is 2.71 bits per heavy atom. The molecule has 0 unspecified atom stereocenters. The van der Waals surface area contributed by atoms with E-state index in [9.17, 15) is 4.79 Å². The van der Waals surface area contributed by atoms with Crippen molar-refractivity contribution in [2.45, 2.75) is 0 Å². The van der Waals surface area contributed by atoms with Gasteiger partial charge in [-0.1, -0.05) is 0 Å². The van der Waals surface area contributed by atoms with Crippen LogP contribution in [0.3, 0.4) is 0 Å². The van der Waals surface area contributed by atoms with Crippen molar-refractivity contribution in [1.82, 2.24) is 15.4 Å². The van der Waals surface area contributed by atoms with Gasteiger partial charge in [0.15, 0.2) is 11.5 Å². The van der Waals surface area contributed by atoms with E-state index in [-0.39, 0.29) is 5.69 Å². The number of methoxy groups -OCH3 is 2. The first-order chi connectivity index (χ1) is 10.2. The lowest BCUT2D eigenvalue weighted by atomic mass is 10.2. The number of aromatic nitrogens is 2. The van der Waals surface area contributed by atoms with Gasteiger partial charge in [-0.25, -0.2) is 10.4 Å². The molecule has 1 heterocycles. The van der Waals surface area contributed by atoms with Gasteiger partial charge in [-0.3, -0.25) is 9.78 Å². The molecule has 2 rings (SSSR count). The Morgan fingerprint density at radius 1 is 1.24 bits per heavy atom. The summed E-state index contributed by atoms with van der Waals surface area (Å²) >= 11 is 0. The lowest BCUT2D eigenvalue weighted by molar-refractivity contribution is 0.0949. The molecule has 0 bridgehead atoms. The maximum Gasteiger partial charge on any atom is 0.291 e. The minimum absolute atomic E-state index is 0.196. The van der Waals surface area contributed by atoms with Gasteiger partial charge in [-0.2, -0.15) is 5.10 Å². The highest BCUT2D eigenvalue weighted by atomic mass is 16.5. The summed E-state index contributed by atoms with van der Waals surface area (Å²) in [5.74, 6) is 0.778. The third-order valence-corrected chi connectivity index (χ3v) is 2.58. The van der Waals surface area contributed by atoms with Crippen LogP contribution in [0, 0.1) is 0 Å². The van der Waals surface area contributed by atoms with E-state index in [1.165, 1.54) is 24.8 Å². The molecular formula is C14H14N4O3. The van der Waals surface area contributed by atoms with Gasteiger partial charge in [-0.15, -0.1) is 0 Å². The number of benzene rings is 1. The van der Waals surface area contributed by atoms with Crippen LogP contribution in [-0.4, -0.2) is 36.3 Å². The third-order valence-electron chi connectivity index (χ3n) is 2.58.